The van der Waals surface area contributed by atoms with Crippen molar-refractivity contribution in [3.63, 3.8) is 0 Å². The molecule has 2 aromatic carbocycles. The number of H-pyrrole nitrogens is 1. The third kappa shape index (κ3) is 4.24. The van der Waals surface area contributed by atoms with Gasteiger partial charge in [0.1, 0.15) is 22.5 Å². The van der Waals surface area contributed by atoms with Crippen molar-refractivity contribution in [2.45, 2.75) is 20.0 Å². The van der Waals surface area contributed by atoms with E-state index in [-0.39, 0.29) is 26.5 Å². The first-order chi connectivity index (χ1) is 15.8. The largest absolute Gasteiger partial charge is 0.493 e. The fraction of sp³-hybridized carbons (Fsp3) is 0.174. The molecule has 0 aliphatic carbocycles. The molecular weight excluding hydrogens is 468 g/mol. The summed E-state index contributed by atoms with van der Waals surface area (Å²) in [5, 5.41) is 10.9. The Morgan fingerprint density at radius 3 is 2.73 bits per heavy atom. The monoisotopic (exact) mass is 486 g/mol. The van der Waals surface area contributed by atoms with Gasteiger partial charge in [-0.2, -0.15) is 0 Å². The summed E-state index contributed by atoms with van der Waals surface area (Å²) >= 11 is 7.18. The summed E-state index contributed by atoms with van der Waals surface area (Å²) in [7, 11) is 0. The van der Waals surface area contributed by atoms with Gasteiger partial charge in [-0.3, -0.25) is 4.79 Å². The van der Waals surface area contributed by atoms with Gasteiger partial charge >= 0.3 is 11.7 Å². The summed E-state index contributed by atoms with van der Waals surface area (Å²) < 4.78 is 12.5. The van der Waals surface area contributed by atoms with E-state index in [2.05, 4.69) is 4.98 Å². The summed E-state index contributed by atoms with van der Waals surface area (Å²) in [5.74, 6) is -0.197. The first kappa shape index (κ1) is 22.6. The highest BCUT2D eigenvalue weighted by molar-refractivity contribution is 7.13. The maximum absolute atomic E-state index is 13.1. The Morgan fingerprint density at radius 1 is 1.24 bits per heavy atom. The van der Waals surface area contributed by atoms with E-state index in [0.717, 1.165) is 21.5 Å². The van der Waals surface area contributed by atoms with Crippen molar-refractivity contribution in [1.29, 1.82) is 0 Å². The SMILES string of the molecule is CCOc1ccccc1C(C)Oc1ccc(Cl)c(-n2c(=O)[nH]c3csc(C(=O)O)c3c2=O)c1. The number of ether oxygens (including phenoxy) is 2. The quantitative estimate of drug-likeness (QED) is 0.394. The molecule has 0 fully saturated rings. The van der Waals surface area contributed by atoms with E-state index < -0.39 is 23.3 Å². The summed E-state index contributed by atoms with van der Waals surface area (Å²) in [5.41, 5.74) is -0.447. The summed E-state index contributed by atoms with van der Waals surface area (Å²) in [6, 6.07) is 12.1. The van der Waals surface area contributed by atoms with Crippen LogP contribution in [0.15, 0.2) is 57.4 Å². The molecule has 1 unspecified atom stereocenters. The van der Waals surface area contributed by atoms with E-state index in [1.807, 2.05) is 38.1 Å². The van der Waals surface area contributed by atoms with Crippen LogP contribution in [0.5, 0.6) is 11.5 Å². The summed E-state index contributed by atoms with van der Waals surface area (Å²) in [4.78, 5) is 39.7. The van der Waals surface area contributed by atoms with Gasteiger partial charge in [-0.1, -0.05) is 29.8 Å². The third-order valence-electron chi connectivity index (χ3n) is 4.98. The number of aromatic carboxylic acids is 1. The number of carboxylic acids is 1. The number of rotatable bonds is 7. The number of para-hydroxylation sites is 1. The van der Waals surface area contributed by atoms with E-state index in [1.54, 1.807) is 6.07 Å². The second-order valence-electron chi connectivity index (χ2n) is 7.07. The lowest BCUT2D eigenvalue weighted by Crippen LogP contribution is -2.34. The van der Waals surface area contributed by atoms with Crippen molar-refractivity contribution in [2.75, 3.05) is 6.61 Å². The van der Waals surface area contributed by atoms with Gasteiger partial charge in [0.25, 0.3) is 5.56 Å². The number of hydrogen-bond donors (Lipinski definition) is 2. The molecule has 0 aliphatic rings. The highest BCUT2D eigenvalue weighted by Gasteiger charge is 2.21. The number of aromatic amines is 1. The number of fused-ring (bicyclic) bond motifs is 1. The Labute approximate surface area is 196 Å². The van der Waals surface area contributed by atoms with E-state index in [4.69, 9.17) is 21.1 Å². The van der Waals surface area contributed by atoms with Crippen LogP contribution in [0.2, 0.25) is 5.02 Å². The standard InChI is InChI=1S/C23H19ClN2O6S/c1-3-31-18-7-5-4-6-14(18)12(2)32-13-8-9-15(24)17(10-13)26-21(27)19-16(25-23(26)30)11-33-20(19)22(28)29/h4-12H,3H2,1-2H3,(H,25,30)(H,28,29). The number of nitrogens with zero attached hydrogens (tertiary/aromatic N) is 1. The van der Waals surface area contributed by atoms with Gasteiger partial charge in [0.05, 0.1) is 28.2 Å². The molecule has 33 heavy (non-hydrogen) atoms. The lowest BCUT2D eigenvalue weighted by Gasteiger charge is -2.19. The number of aromatic nitrogens is 2. The third-order valence-corrected chi connectivity index (χ3v) is 6.26. The number of benzene rings is 2. The number of thiophene rings is 1. The lowest BCUT2D eigenvalue weighted by atomic mass is 10.1. The van der Waals surface area contributed by atoms with Crippen LogP contribution < -0.4 is 20.7 Å². The Bertz CT molecular complexity index is 1470. The van der Waals surface area contributed by atoms with Crippen LogP contribution in [-0.4, -0.2) is 27.2 Å². The maximum atomic E-state index is 13.1. The van der Waals surface area contributed by atoms with Crippen LogP contribution in [0.3, 0.4) is 0 Å². The fourth-order valence-corrected chi connectivity index (χ4v) is 4.55. The predicted molar refractivity (Wildman–Crippen MR) is 127 cm³/mol. The molecule has 170 valence electrons. The second kappa shape index (κ2) is 9.13. The average Bonchev–Trinajstić information content (AvgIpc) is 3.21. The lowest BCUT2D eigenvalue weighted by molar-refractivity contribution is 0.0704. The molecule has 4 rings (SSSR count). The molecule has 8 nitrogen and oxygen atoms in total. The smallest absolute Gasteiger partial charge is 0.346 e. The van der Waals surface area contributed by atoms with Crippen LogP contribution in [0, 0.1) is 0 Å². The van der Waals surface area contributed by atoms with Gasteiger partial charge < -0.3 is 19.6 Å². The minimum Gasteiger partial charge on any atom is -0.493 e. The Balaban J connectivity index is 1.78. The fourth-order valence-electron chi connectivity index (χ4n) is 3.52. The molecule has 0 spiro atoms. The van der Waals surface area contributed by atoms with Crippen LogP contribution >= 0.6 is 22.9 Å². The summed E-state index contributed by atoms with van der Waals surface area (Å²) in [6.45, 7) is 4.24. The van der Waals surface area contributed by atoms with Crippen molar-refractivity contribution in [2.24, 2.45) is 0 Å². The maximum Gasteiger partial charge on any atom is 0.346 e. The van der Waals surface area contributed by atoms with E-state index in [1.165, 1.54) is 17.5 Å². The zero-order chi connectivity index (χ0) is 23.7. The Morgan fingerprint density at radius 2 is 2.00 bits per heavy atom. The highest BCUT2D eigenvalue weighted by atomic mass is 35.5. The number of hydrogen-bond acceptors (Lipinski definition) is 6. The number of halogens is 1. The minimum atomic E-state index is -1.25. The Hall–Kier alpha value is -3.56. The van der Waals surface area contributed by atoms with Gasteiger partial charge in [0, 0.05) is 17.0 Å². The highest BCUT2D eigenvalue weighted by Crippen LogP contribution is 2.31. The van der Waals surface area contributed by atoms with E-state index in [9.17, 15) is 19.5 Å². The van der Waals surface area contributed by atoms with Gasteiger partial charge in [-0.15, -0.1) is 11.3 Å². The molecule has 0 saturated carbocycles. The van der Waals surface area contributed by atoms with Gasteiger partial charge in [0.2, 0.25) is 0 Å². The van der Waals surface area contributed by atoms with Crippen LogP contribution in [0.4, 0.5) is 0 Å². The van der Waals surface area contributed by atoms with Crippen molar-refractivity contribution < 1.29 is 19.4 Å². The Kier molecular flexibility index (Phi) is 6.26. The van der Waals surface area contributed by atoms with Crippen molar-refractivity contribution >= 4 is 39.8 Å². The number of carbonyl (C=O) groups is 1. The zero-order valence-electron chi connectivity index (χ0n) is 17.6. The molecule has 10 heteroatoms. The van der Waals surface area contributed by atoms with Crippen molar-refractivity contribution in [3.8, 4) is 17.2 Å². The molecule has 2 heterocycles. The molecular formula is C23H19ClN2O6S. The van der Waals surface area contributed by atoms with E-state index in [0.29, 0.717) is 18.1 Å². The molecule has 0 saturated heterocycles. The molecule has 0 amide bonds. The van der Waals surface area contributed by atoms with E-state index >= 15 is 0 Å². The first-order valence-electron chi connectivity index (χ1n) is 10.00. The van der Waals surface area contributed by atoms with Crippen molar-refractivity contribution in [3.05, 3.63) is 84.1 Å². The van der Waals surface area contributed by atoms with Gasteiger partial charge in [-0.05, 0) is 32.0 Å². The number of nitrogens with one attached hydrogen (secondary N) is 1. The normalized spacial score (nSPS) is 12.0. The predicted octanol–water partition coefficient (Wildman–Crippen LogP) is 4.63. The molecule has 0 radical (unpaired) electrons. The molecule has 2 aromatic heterocycles. The van der Waals surface area contributed by atoms with Gasteiger partial charge in [-0.25, -0.2) is 14.2 Å². The second-order valence-corrected chi connectivity index (χ2v) is 8.36. The molecule has 0 bridgehead atoms. The van der Waals surface area contributed by atoms with Crippen LogP contribution in [0.1, 0.15) is 35.2 Å². The summed E-state index contributed by atoms with van der Waals surface area (Å²) in [6.07, 6.45) is -0.408. The minimum absolute atomic E-state index is 0.0788. The number of carboxylic acid groups (broad SMARTS) is 1. The van der Waals surface area contributed by atoms with Crippen LogP contribution in [-0.2, 0) is 0 Å². The van der Waals surface area contributed by atoms with Crippen molar-refractivity contribution in [1.82, 2.24) is 9.55 Å². The van der Waals surface area contributed by atoms with Crippen LogP contribution in [0.25, 0.3) is 16.6 Å². The van der Waals surface area contributed by atoms with Gasteiger partial charge in [0.15, 0.2) is 0 Å². The first-order valence-corrected chi connectivity index (χ1v) is 11.3. The topological polar surface area (TPSA) is 111 Å². The zero-order valence-corrected chi connectivity index (χ0v) is 19.2. The molecule has 1 atom stereocenters. The molecule has 0 aliphatic heterocycles. The molecule has 4 aromatic rings. The molecule has 2 N–H and O–H groups in total. The average molecular weight is 487 g/mol.